The number of ether oxygens (including phenoxy) is 2. The van der Waals surface area contributed by atoms with Crippen molar-refractivity contribution in [1.82, 2.24) is 4.31 Å². The van der Waals surface area contributed by atoms with Crippen LogP contribution in [0.15, 0.2) is 35.2 Å². The summed E-state index contributed by atoms with van der Waals surface area (Å²) >= 11 is 0. The van der Waals surface area contributed by atoms with Crippen LogP contribution in [0.3, 0.4) is 0 Å². The van der Waals surface area contributed by atoms with Gasteiger partial charge in [-0.25, -0.2) is 8.42 Å². The molecule has 5 nitrogen and oxygen atoms in total. The van der Waals surface area contributed by atoms with Crippen LogP contribution in [0.1, 0.15) is 44.9 Å². The molecule has 2 aliphatic heterocycles. The third kappa shape index (κ3) is 4.73. The molecule has 3 aliphatic rings. The van der Waals surface area contributed by atoms with Crippen LogP contribution in [0.5, 0.6) is 0 Å². The van der Waals surface area contributed by atoms with Gasteiger partial charge in [-0.05, 0) is 68.9 Å². The lowest BCUT2D eigenvalue weighted by Crippen LogP contribution is -2.50. The SMILES string of the molecule is O=S(=O)(c1ccccc1)N1CCC2(CC1)C[C@@H](CCOCC1CC1)CCO2. The van der Waals surface area contributed by atoms with E-state index in [-0.39, 0.29) is 5.60 Å². The Morgan fingerprint density at radius 3 is 2.52 bits per heavy atom. The standard InChI is InChI=1S/C21H31NO4S/c23-27(24,20-4-2-1-3-5-20)22-12-10-21(11-13-22)16-18(9-15-26-21)8-14-25-17-19-6-7-19/h1-5,18-19H,6-17H2/t18-/m0/s1. The van der Waals surface area contributed by atoms with Crippen molar-refractivity contribution < 1.29 is 17.9 Å². The molecule has 0 unspecified atom stereocenters. The van der Waals surface area contributed by atoms with Crippen molar-refractivity contribution in [3.05, 3.63) is 30.3 Å². The molecule has 1 atom stereocenters. The van der Waals surface area contributed by atoms with Gasteiger partial charge in [0.05, 0.1) is 10.5 Å². The largest absolute Gasteiger partial charge is 0.381 e. The maximum atomic E-state index is 12.8. The van der Waals surface area contributed by atoms with E-state index in [9.17, 15) is 8.42 Å². The minimum Gasteiger partial charge on any atom is -0.381 e. The quantitative estimate of drug-likeness (QED) is 0.666. The van der Waals surface area contributed by atoms with E-state index in [2.05, 4.69) is 0 Å². The average molecular weight is 394 g/mol. The molecule has 0 radical (unpaired) electrons. The molecule has 6 heteroatoms. The fourth-order valence-corrected chi connectivity index (χ4v) is 5.85. The van der Waals surface area contributed by atoms with Crippen LogP contribution in [-0.2, 0) is 19.5 Å². The molecule has 1 aromatic rings. The van der Waals surface area contributed by atoms with E-state index in [0.29, 0.717) is 23.9 Å². The fraction of sp³-hybridized carbons (Fsp3) is 0.714. The van der Waals surface area contributed by atoms with Crippen molar-refractivity contribution in [3.63, 3.8) is 0 Å². The van der Waals surface area contributed by atoms with Crippen LogP contribution in [0, 0.1) is 11.8 Å². The molecule has 3 fully saturated rings. The number of piperidine rings is 1. The molecule has 1 aliphatic carbocycles. The Bertz CT molecular complexity index is 709. The summed E-state index contributed by atoms with van der Waals surface area (Å²) in [6.45, 7) is 3.66. The van der Waals surface area contributed by atoms with Crippen LogP contribution >= 0.6 is 0 Å². The summed E-state index contributed by atoms with van der Waals surface area (Å²) in [5.41, 5.74) is -0.137. The van der Waals surface area contributed by atoms with E-state index in [1.807, 2.05) is 6.07 Å². The number of hydrogen-bond donors (Lipinski definition) is 0. The molecule has 27 heavy (non-hydrogen) atoms. The Morgan fingerprint density at radius 1 is 1.07 bits per heavy atom. The van der Waals surface area contributed by atoms with E-state index < -0.39 is 10.0 Å². The first-order valence-corrected chi connectivity index (χ1v) is 11.8. The third-order valence-electron chi connectivity index (χ3n) is 6.33. The highest BCUT2D eigenvalue weighted by Crippen LogP contribution is 2.40. The number of hydrogen-bond acceptors (Lipinski definition) is 4. The maximum Gasteiger partial charge on any atom is 0.243 e. The summed E-state index contributed by atoms with van der Waals surface area (Å²) in [5.74, 6) is 1.46. The Hall–Kier alpha value is -0.950. The van der Waals surface area contributed by atoms with Crippen molar-refractivity contribution in [2.75, 3.05) is 32.9 Å². The van der Waals surface area contributed by atoms with E-state index in [1.165, 1.54) is 12.8 Å². The summed E-state index contributed by atoms with van der Waals surface area (Å²) in [7, 11) is -3.39. The zero-order valence-corrected chi connectivity index (χ0v) is 16.8. The average Bonchev–Trinajstić information content (AvgIpc) is 3.51. The molecule has 1 aromatic carbocycles. The molecule has 0 aromatic heterocycles. The van der Waals surface area contributed by atoms with Crippen LogP contribution in [0.4, 0.5) is 0 Å². The second-order valence-corrected chi connectivity index (χ2v) is 10.4. The lowest BCUT2D eigenvalue weighted by molar-refractivity contribution is -0.123. The molecule has 4 rings (SSSR count). The predicted molar refractivity (Wildman–Crippen MR) is 104 cm³/mol. The Balaban J connectivity index is 1.29. The number of sulfonamides is 1. The lowest BCUT2D eigenvalue weighted by atomic mass is 9.79. The Kier molecular flexibility index (Phi) is 5.88. The van der Waals surface area contributed by atoms with Gasteiger partial charge >= 0.3 is 0 Å². The van der Waals surface area contributed by atoms with Gasteiger partial charge < -0.3 is 9.47 Å². The zero-order chi connectivity index (χ0) is 18.7. The van der Waals surface area contributed by atoms with E-state index >= 15 is 0 Å². The van der Waals surface area contributed by atoms with Crippen molar-refractivity contribution in [3.8, 4) is 0 Å². The second-order valence-electron chi connectivity index (χ2n) is 8.41. The number of nitrogens with zero attached hydrogens (tertiary/aromatic N) is 1. The molecule has 1 spiro atoms. The van der Waals surface area contributed by atoms with Gasteiger partial charge in [0.2, 0.25) is 10.0 Å². The van der Waals surface area contributed by atoms with E-state index in [0.717, 1.165) is 57.8 Å². The molecule has 2 heterocycles. The number of benzene rings is 1. The highest BCUT2D eigenvalue weighted by Gasteiger charge is 2.42. The minimum absolute atomic E-state index is 0.137. The minimum atomic E-state index is -3.39. The van der Waals surface area contributed by atoms with Gasteiger partial charge in [-0.1, -0.05) is 18.2 Å². The van der Waals surface area contributed by atoms with Crippen molar-refractivity contribution in [2.45, 2.75) is 55.4 Å². The van der Waals surface area contributed by atoms with Gasteiger partial charge in [-0.2, -0.15) is 4.31 Å². The summed E-state index contributed by atoms with van der Waals surface area (Å²) < 4.78 is 39.3. The Morgan fingerprint density at radius 2 is 1.81 bits per heavy atom. The van der Waals surface area contributed by atoms with Crippen LogP contribution in [-0.4, -0.2) is 51.2 Å². The highest BCUT2D eigenvalue weighted by atomic mass is 32.2. The first kappa shape index (κ1) is 19.4. The summed E-state index contributed by atoms with van der Waals surface area (Å²) in [6, 6.07) is 8.74. The van der Waals surface area contributed by atoms with Crippen molar-refractivity contribution in [1.29, 1.82) is 0 Å². The van der Waals surface area contributed by atoms with Gasteiger partial charge in [0.25, 0.3) is 0 Å². The van der Waals surface area contributed by atoms with Crippen molar-refractivity contribution in [2.24, 2.45) is 11.8 Å². The molecule has 0 amide bonds. The van der Waals surface area contributed by atoms with E-state index in [4.69, 9.17) is 9.47 Å². The molecule has 0 N–H and O–H groups in total. The van der Waals surface area contributed by atoms with Gasteiger partial charge in [0.1, 0.15) is 0 Å². The second kappa shape index (κ2) is 8.19. The molecule has 2 saturated heterocycles. The normalized spacial score (nSPS) is 26.3. The van der Waals surface area contributed by atoms with Crippen LogP contribution < -0.4 is 0 Å². The molecular formula is C21H31NO4S. The summed E-state index contributed by atoms with van der Waals surface area (Å²) in [5, 5.41) is 0. The van der Waals surface area contributed by atoms with Gasteiger partial charge in [0, 0.05) is 32.9 Å². The summed E-state index contributed by atoms with van der Waals surface area (Å²) in [6.07, 6.45) is 7.49. The fourth-order valence-electron chi connectivity index (χ4n) is 4.38. The first-order valence-electron chi connectivity index (χ1n) is 10.3. The van der Waals surface area contributed by atoms with Crippen LogP contribution in [0.25, 0.3) is 0 Å². The van der Waals surface area contributed by atoms with Gasteiger partial charge in [-0.15, -0.1) is 0 Å². The van der Waals surface area contributed by atoms with Gasteiger partial charge in [0.15, 0.2) is 0 Å². The number of rotatable bonds is 7. The molecule has 1 saturated carbocycles. The first-order chi connectivity index (χ1) is 13.1. The predicted octanol–water partition coefficient (Wildman–Crippen LogP) is 3.45. The topological polar surface area (TPSA) is 55.8 Å². The molecule has 150 valence electrons. The third-order valence-corrected chi connectivity index (χ3v) is 8.24. The molecule has 0 bridgehead atoms. The smallest absolute Gasteiger partial charge is 0.243 e. The van der Waals surface area contributed by atoms with Gasteiger partial charge in [-0.3, -0.25) is 0 Å². The lowest BCUT2D eigenvalue weighted by Gasteiger charge is -2.46. The van der Waals surface area contributed by atoms with E-state index in [1.54, 1.807) is 28.6 Å². The zero-order valence-electron chi connectivity index (χ0n) is 16.0. The van der Waals surface area contributed by atoms with Crippen LogP contribution in [0.2, 0.25) is 0 Å². The monoisotopic (exact) mass is 393 g/mol. The molecular weight excluding hydrogens is 362 g/mol. The summed E-state index contributed by atoms with van der Waals surface area (Å²) in [4.78, 5) is 0.385. The maximum absolute atomic E-state index is 12.8. The highest BCUT2D eigenvalue weighted by molar-refractivity contribution is 7.89. The van der Waals surface area contributed by atoms with Crippen molar-refractivity contribution >= 4 is 10.0 Å². The Labute approximate surface area is 163 Å².